The third kappa shape index (κ3) is 4.54. The molecular weight excluding hydrogens is 344 g/mol. The molecule has 88 valence electrons. The van der Waals surface area contributed by atoms with Gasteiger partial charge in [0.15, 0.2) is 0 Å². The predicted molar refractivity (Wildman–Crippen MR) is 70.9 cm³/mol. The first-order valence-electron chi connectivity index (χ1n) is 4.58. The molecule has 0 amide bonds. The van der Waals surface area contributed by atoms with E-state index in [-0.39, 0.29) is 13.0 Å². The zero-order valence-electron chi connectivity index (χ0n) is 8.28. The largest absolute Gasteiger partial charge is 0.481 e. The number of carbonyl (C=O) groups is 1. The molecule has 1 aromatic carbocycles. The molecule has 0 saturated heterocycles. The summed E-state index contributed by atoms with van der Waals surface area (Å²) >= 11 is 8.09. The van der Waals surface area contributed by atoms with Crippen molar-refractivity contribution in [2.45, 2.75) is 12.5 Å². The van der Waals surface area contributed by atoms with Gasteiger partial charge in [-0.25, -0.2) is 0 Å². The predicted octanol–water partition coefficient (Wildman–Crippen LogP) is 2.19. The van der Waals surface area contributed by atoms with E-state index in [2.05, 4.69) is 27.9 Å². The number of nitrogens with one attached hydrogen (secondary N) is 1. The van der Waals surface area contributed by atoms with Gasteiger partial charge < -0.3 is 15.5 Å². The summed E-state index contributed by atoms with van der Waals surface area (Å²) in [6, 6.07) is 5.45. The number of hydrogen-bond acceptors (Lipinski definition) is 3. The SMILES string of the molecule is O=C(O)CC(O)CNc1ccc(I)cc1Cl. The fraction of sp³-hybridized carbons (Fsp3) is 0.300. The number of aliphatic hydroxyl groups excluding tert-OH is 1. The van der Waals surface area contributed by atoms with Crippen LogP contribution in [0.4, 0.5) is 5.69 Å². The summed E-state index contributed by atoms with van der Waals surface area (Å²) in [5.74, 6) is -1.02. The van der Waals surface area contributed by atoms with E-state index in [4.69, 9.17) is 16.7 Å². The second-order valence-electron chi connectivity index (χ2n) is 3.26. The van der Waals surface area contributed by atoms with Crippen LogP contribution in [0.1, 0.15) is 6.42 Å². The van der Waals surface area contributed by atoms with Gasteiger partial charge in [-0.15, -0.1) is 0 Å². The Bertz CT molecular complexity index is 386. The molecule has 1 unspecified atom stereocenters. The number of hydrogen-bond donors (Lipinski definition) is 3. The summed E-state index contributed by atoms with van der Waals surface area (Å²) < 4.78 is 1.01. The maximum Gasteiger partial charge on any atom is 0.306 e. The molecule has 3 N–H and O–H groups in total. The van der Waals surface area contributed by atoms with Crippen LogP contribution in [0.15, 0.2) is 18.2 Å². The molecule has 0 spiro atoms. The molecule has 0 aliphatic rings. The van der Waals surface area contributed by atoms with Gasteiger partial charge >= 0.3 is 5.97 Å². The third-order valence-electron chi connectivity index (χ3n) is 1.87. The highest BCUT2D eigenvalue weighted by Gasteiger charge is 2.09. The molecule has 1 aromatic rings. The maximum atomic E-state index is 10.3. The molecule has 0 heterocycles. The van der Waals surface area contributed by atoms with Crippen molar-refractivity contribution in [1.82, 2.24) is 0 Å². The molecule has 1 atom stereocenters. The minimum atomic E-state index is -1.02. The monoisotopic (exact) mass is 355 g/mol. The van der Waals surface area contributed by atoms with E-state index in [1.54, 1.807) is 12.1 Å². The van der Waals surface area contributed by atoms with Crippen LogP contribution in [0, 0.1) is 3.57 Å². The number of benzene rings is 1. The fourth-order valence-electron chi connectivity index (χ4n) is 1.13. The summed E-state index contributed by atoms with van der Waals surface area (Å²) in [4.78, 5) is 10.3. The van der Waals surface area contributed by atoms with Crippen molar-refractivity contribution in [2.24, 2.45) is 0 Å². The first-order chi connectivity index (χ1) is 7.49. The van der Waals surface area contributed by atoms with Gasteiger partial charge in [-0.3, -0.25) is 4.79 Å². The highest BCUT2D eigenvalue weighted by molar-refractivity contribution is 14.1. The molecule has 0 radical (unpaired) electrons. The number of halogens is 2. The van der Waals surface area contributed by atoms with Gasteiger partial charge in [0.2, 0.25) is 0 Å². The van der Waals surface area contributed by atoms with Crippen molar-refractivity contribution in [1.29, 1.82) is 0 Å². The van der Waals surface area contributed by atoms with Gasteiger partial charge in [-0.05, 0) is 40.8 Å². The Morgan fingerprint density at radius 2 is 2.25 bits per heavy atom. The lowest BCUT2D eigenvalue weighted by Crippen LogP contribution is -2.22. The standard InChI is InChI=1S/C10H11ClINO3/c11-8-3-6(12)1-2-9(8)13-5-7(14)4-10(15)16/h1-3,7,13-14H,4-5H2,(H,15,16). The van der Waals surface area contributed by atoms with Gasteiger partial charge in [-0.1, -0.05) is 11.6 Å². The van der Waals surface area contributed by atoms with E-state index >= 15 is 0 Å². The molecule has 16 heavy (non-hydrogen) atoms. The summed E-state index contributed by atoms with van der Waals surface area (Å²) in [5, 5.41) is 21.2. The zero-order valence-corrected chi connectivity index (χ0v) is 11.2. The Kier molecular flexibility index (Phi) is 5.30. The molecule has 4 nitrogen and oxygen atoms in total. The quantitative estimate of drug-likeness (QED) is 0.708. The van der Waals surface area contributed by atoms with Gasteiger partial charge in [0, 0.05) is 10.1 Å². The molecule has 6 heteroatoms. The molecule has 1 rings (SSSR count). The maximum absolute atomic E-state index is 10.3. The summed E-state index contributed by atoms with van der Waals surface area (Å²) in [6.45, 7) is 0.159. The van der Waals surface area contributed by atoms with Crippen LogP contribution >= 0.6 is 34.2 Å². The summed E-state index contributed by atoms with van der Waals surface area (Å²) in [5.41, 5.74) is 0.687. The van der Waals surface area contributed by atoms with Crippen LogP contribution in [0.3, 0.4) is 0 Å². The van der Waals surface area contributed by atoms with Crippen molar-refractivity contribution in [2.75, 3.05) is 11.9 Å². The van der Waals surface area contributed by atoms with Crippen molar-refractivity contribution in [3.63, 3.8) is 0 Å². The second-order valence-corrected chi connectivity index (χ2v) is 4.91. The van der Waals surface area contributed by atoms with E-state index in [9.17, 15) is 9.90 Å². The van der Waals surface area contributed by atoms with E-state index < -0.39 is 12.1 Å². The van der Waals surface area contributed by atoms with E-state index in [0.717, 1.165) is 3.57 Å². The molecular formula is C10H11ClINO3. The van der Waals surface area contributed by atoms with E-state index in [0.29, 0.717) is 10.7 Å². The number of rotatable bonds is 5. The van der Waals surface area contributed by atoms with E-state index in [1.807, 2.05) is 6.07 Å². The zero-order chi connectivity index (χ0) is 12.1. The number of aliphatic hydroxyl groups is 1. The molecule has 0 aliphatic carbocycles. The molecule has 0 saturated carbocycles. The Balaban J connectivity index is 2.51. The smallest absolute Gasteiger partial charge is 0.306 e. The number of anilines is 1. The van der Waals surface area contributed by atoms with Crippen LogP contribution < -0.4 is 5.32 Å². The molecule has 0 bridgehead atoms. The lowest BCUT2D eigenvalue weighted by atomic mass is 10.2. The van der Waals surface area contributed by atoms with Crippen LogP contribution in [0.25, 0.3) is 0 Å². The van der Waals surface area contributed by atoms with Crippen molar-refractivity contribution in [3.05, 3.63) is 26.8 Å². The first kappa shape index (κ1) is 13.5. The van der Waals surface area contributed by atoms with Crippen LogP contribution in [0.5, 0.6) is 0 Å². The van der Waals surface area contributed by atoms with Crippen molar-refractivity contribution in [3.8, 4) is 0 Å². The summed E-state index contributed by atoms with van der Waals surface area (Å²) in [6.07, 6.45) is -1.21. The van der Waals surface area contributed by atoms with Gasteiger partial charge in [-0.2, -0.15) is 0 Å². The minimum Gasteiger partial charge on any atom is -0.481 e. The molecule has 0 aliphatic heterocycles. The van der Waals surface area contributed by atoms with Gasteiger partial charge in [0.05, 0.1) is 23.2 Å². The highest BCUT2D eigenvalue weighted by atomic mass is 127. The third-order valence-corrected chi connectivity index (χ3v) is 2.85. The fourth-order valence-corrected chi connectivity index (χ4v) is 2.06. The second kappa shape index (κ2) is 6.27. The Morgan fingerprint density at radius 1 is 1.56 bits per heavy atom. The normalized spacial score (nSPS) is 12.2. The Morgan fingerprint density at radius 3 is 2.81 bits per heavy atom. The minimum absolute atomic E-state index is 0.159. The average molecular weight is 356 g/mol. The number of aliphatic carboxylic acids is 1. The number of carboxylic acids is 1. The average Bonchev–Trinajstić information content (AvgIpc) is 2.15. The van der Waals surface area contributed by atoms with Gasteiger partial charge in [0.25, 0.3) is 0 Å². The van der Waals surface area contributed by atoms with Crippen LogP contribution in [-0.2, 0) is 4.79 Å². The summed E-state index contributed by atoms with van der Waals surface area (Å²) in [7, 11) is 0. The van der Waals surface area contributed by atoms with Crippen molar-refractivity contribution < 1.29 is 15.0 Å². The van der Waals surface area contributed by atoms with Crippen LogP contribution in [0.2, 0.25) is 5.02 Å². The Labute approximate surface area is 112 Å². The van der Waals surface area contributed by atoms with Crippen LogP contribution in [-0.4, -0.2) is 28.8 Å². The Hall–Kier alpha value is -0.530. The van der Waals surface area contributed by atoms with E-state index in [1.165, 1.54) is 0 Å². The number of carboxylic acid groups (broad SMARTS) is 1. The molecule has 0 fully saturated rings. The molecule has 0 aromatic heterocycles. The van der Waals surface area contributed by atoms with Crippen molar-refractivity contribution >= 4 is 45.8 Å². The van der Waals surface area contributed by atoms with Gasteiger partial charge in [0.1, 0.15) is 0 Å². The lowest BCUT2D eigenvalue weighted by Gasteiger charge is -2.12. The highest BCUT2D eigenvalue weighted by Crippen LogP contribution is 2.23. The topological polar surface area (TPSA) is 69.6 Å². The first-order valence-corrected chi connectivity index (χ1v) is 6.03. The lowest BCUT2D eigenvalue weighted by molar-refractivity contribution is -0.138.